The number of hydrogen-bond donors (Lipinski definition) is 2. The van der Waals surface area contributed by atoms with Gasteiger partial charge in [-0.2, -0.15) is 0 Å². The van der Waals surface area contributed by atoms with Crippen LogP contribution in [0.5, 0.6) is 0 Å². The molecule has 0 aromatic carbocycles. The fourth-order valence-corrected chi connectivity index (χ4v) is 8.18. The van der Waals surface area contributed by atoms with E-state index in [-0.39, 0.29) is 43.9 Å². The molecule has 0 radical (unpaired) electrons. The van der Waals surface area contributed by atoms with Gasteiger partial charge in [-0.3, -0.25) is 18.6 Å². The van der Waals surface area contributed by atoms with Gasteiger partial charge < -0.3 is 19.7 Å². The van der Waals surface area contributed by atoms with Crippen molar-refractivity contribution in [3.63, 3.8) is 0 Å². The van der Waals surface area contributed by atoms with Crippen LogP contribution in [0.4, 0.5) is 0 Å². The first kappa shape index (κ1) is 55.0. The highest BCUT2D eigenvalue weighted by atomic mass is 31.2. The standard InChI is InChI=1S/C46H92NO8P/c1-36(2)18-12-20-38(5)22-14-24-40(7)26-16-28-42(9)32-45(48)52-34-44(35-54-56(50,51)53-31-30-47-11)55-46(49)33-43(10)29-17-27-41(8)25-15-23-39(6)21-13-19-37(3)4/h36-44,47H,12-35H2,1-11H3,(H,50,51). The van der Waals surface area contributed by atoms with Crippen LogP contribution in [0.3, 0.4) is 0 Å². The van der Waals surface area contributed by atoms with Gasteiger partial charge in [0.05, 0.1) is 13.2 Å². The summed E-state index contributed by atoms with van der Waals surface area (Å²) >= 11 is 0. The van der Waals surface area contributed by atoms with Gasteiger partial charge in [-0.25, -0.2) is 4.57 Å². The number of likely N-dealkylation sites (N-methyl/N-ethyl adjacent to an activating group) is 1. The molecule has 2 N–H and O–H groups in total. The van der Waals surface area contributed by atoms with Crippen molar-refractivity contribution in [1.82, 2.24) is 5.32 Å². The fourth-order valence-electron chi connectivity index (χ4n) is 7.43. The Morgan fingerprint density at radius 1 is 0.518 bits per heavy atom. The molecule has 0 rings (SSSR count). The summed E-state index contributed by atoms with van der Waals surface area (Å²) < 4.78 is 33.7. The molecule has 10 heteroatoms. The average molecular weight is 818 g/mol. The molecule has 9 nitrogen and oxygen atoms in total. The lowest BCUT2D eigenvalue weighted by atomic mass is 9.91. The Morgan fingerprint density at radius 3 is 1.25 bits per heavy atom. The Hall–Kier alpha value is -0.990. The zero-order valence-corrected chi connectivity index (χ0v) is 39.3. The summed E-state index contributed by atoms with van der Waals surface area (Å²) in [5.74, 6) is 4.00. The number of carbonyl (C=O) groups is 2. The van der Waals surface area contributed by atoms with E-state index in [1.54, 1.807) is 7.05 Å². The predicted molar refractivity (Wildman–Crippen MR) is 233 cm³/mol. The normalized spacial score (nSPS) is 16.9. The molecule has 0 aromatic heterocycles. The van der Waals surface area contributed by atoms with Gasteiger partial charge in [0.2, 0.25) is 0 Å². The number of carbonyl (C=O) groups excluding carboxylic acids is 2. The van der Waals surface area contributed by atoms with E-state index in [4.69, 9.17) is 18.5 Å². The van der Waals surface area contributed by atoms with Crippen LogP contribution in [0.1, 0.15) is 198 Å². The highest BCUT2D eigenvalue weighted by Gasteiger charge is 2.27. The van der Waals surface area contributed by atoms with Crippen LogP contribution < -0.4 is 5.32 Å². The van der Waals surface area contributed by atoms with E-state index in [2.05, 4.69) is 67.6 Å². The number of esters is 2. The molecule has 0 spiro atoms. The molecule has 0 saturated carbocycles. The van der Waals surface area contributed by atoms with Crippen molar-refractivity contribution in [2.75, 3.05) is 33.4 Å². The van der Waals surface area contributed by atoms with Gasteiger partial charge in [-0.1, -0.05) is 185 Å². The number of phosphoric acid groups is 1. The molecule has 334 valence electrons. The van der Waals surface area contributed by atoms with Gasteiger partial charge >= 0.3 is 19.8 Å². The summed E-state index contributed by atoms with van der Waals surface area (Å²) in [6.07, 6.45) is 21.4. The van der Waals surface area contributed by atoms with E-state index in [0.29, 0.717) is 18.4 Å². The van der Waals surface area contributed by atoms with E-state index in [1.807, 2.05) is 6.92 Å². The van der Waals surface area contributed by atoms with Gasteiger partial charge in [0, 0.05) is 19.4 Å². The van der Waals surface area contributed by atoms with Crippen LogP contribution in [0.25, 0.3) is 0 Å². The Labute approximate surface area is 346 Å². The molecule has 0 aliphatic heterocycles. The molecule has 0 aliphatic carbocycles. The number of ether oxygens (including phenoxy) is 2. The third-order valence-electron chi connectivity index (χ3n) is 11.3. The maximum absolute atomic E-state index is 13.0. The molecule has 0 aliphatic rings. The highest BCUT2D eigenvalue weighted by Crippen LogP contribution is 2.43. The Kier molecular flexibility index (Phi) is 33.2. The maximum atomic E-state index is 13.0. The minimum absolute atomic E-state index is 0.0220. The number of hydrogen-bond acceptors (Lipinski definition) is 8. The number of phosphoric ester groups is 1. The van der Waals surface area contributed by atoms with Crippen LogP contribution in [0.15, 0.2) is 0 Å². The quantitative estimate of drug-likeness (QED) is 0.0356. The predicted octanol–water partition coefficient (Wildman–Crippen LogP) is 12.7. The summed E-state index contributed by atoms with van der Waals surface area (Å²) in [5.41, 5.74) is 0. The lowest BCUT2D eigenvalue weighted by Crippen LogP contribution is -2.30. The van der Waals surface area contributed by atoms with Crippen LogP contribution >= 0.6 is 7.82 Å². The topological polar surface area (TPSA) is 120 Å². The van der Waals surface area contributed by atoms with Crippen molar-refractivity contribution in [2.45, 2.75) is 204 Å². The Balaban J connectivity index is 4.70. The van der Waals surface area contributed by atoms with E-state index >= 15 is 0 Å². The second-order valence-corrected chi connectivity index (χ2v) is 20.4. The van der Waals surface area contributed by atoms with Crippen molar-refractivity contribution < 1.29 is 37.6 Å². The second-order valence-electron chi connectivity index (χ2n) is 18.9. The molecule has 0 amide bonds. The summed E-state index contributed by atoms with van der Waals surface area (Å²) in [6.45, 7) is 22.4. The van der Waals surface area contributed by atoms with Crippen molar-refractivity contribution in [1.29, 1.82) is 0 Å². The number of rotatable bonds is 38. The fraction of sp³-hybridized carbons (Fsp3) is 0.957. The Morgan fingerprint density at radius 2 is 0.875 bits per heavy atom. The van der Waals surface area contributed by atoms with Crippen LogP contribution in [-0.2, 0) is 32.7 Å². The average Bonchev–Trinajstić information content (AvgIpc) is 3.09. The van der Waals surface area contributed by atoms with E-state index in [0.717, 1.165) is 62.2 Å². The zero-order chi connectivity index (χ0) is 42.4. The highest BCUT2D eigenvalue weighted by molar-refractivity contribution is 7.47. The summed E-state index contributed by atoms with van der Waals surface area (Å²) in [5, 5.41) is 2.84. The van der Waals surface area contributed by atoms with Crippen LogP contribution in [0.2, 0.25) is 0 Å². The first-order valence-corrected chi connectivity index (χ1v) is 24.5. The first-order chi connectivity index (χ1) is 26.4. The van der Waals surface area contributed by atoms with E-state index in [9.17, 15) is 19.0 Å². The van der Waals surface area contributed by atoms with E-state index in [1.165, 1.54) is 77.0 Å². The van der Waals surface area contributed by atoms with Crippen molar-refractivity contribution >= 4 is 19.8 Å². The summed E-state index contributed by atoms with van der Waals surface area (Å²) in [4.78, 5) is 35.9. The SMILES string of the molecule is CNCCOP(=O)(O)OCC(COC(=O)CC(C)CCCC(C)CCCC(C)CCCC(C)C)OC(=O)CC(C)CCCC(C)CCCC(C)CCCC(C)C. The van der Waals surface area contributed by atoms with Gasteiger partial charge in [-0.15, -0.1) is 0 Å². The molecule has 8 unspecified atom stereocenters. The van der Waals surface area contributed by atoms with Crippen LogP contribution in [0, 0.1) is 47.3 Å². The van der Waals surface area contributed by atoms with Crippen molar-refractivity contribution in [3.8, 4) is 0 Å². The molecule has 0 aromatic rings. The molecular weight excluding hydrogens is 725 g/mol. The zero-order valence-electron chi connectivity index (χ0n) is 38.4. The van der Waals surface area contributed by atoms with Crippen molar-refractivity contribution in [2.24, 2.45) is 47.3 Å². The third-order valence-corrected chi connectivity index (χ3v) is 12.3. The molecule has 0 fully saturated rings. The molecule has 0 saturated heterocycles. The third kappa shape index (κ3) is 35.0. The monoisotopic (exact) mass is 818 g/mol. The molecular formula is C46H92NO8P. The minimum Gasteiger partial charge on any atom is -0.462 e. The maximum Gasteiger partial charge on any atom is 0.472 e. The minimum atomic E-state index is -4.38. The molecule has 8 atom stereocenters. The van der Waals surface area contributed by atoms with Crippen LogP contribution in [-0.4, -0.2) is 56.3 Å². The largest absolute Gasteiger partial charge is 0.472 e. The Bertz CT molecular complexity index is 1010. The lowest BCUT2D eigenvalue weighted by Gasteiger charge is -2.21. The molecule has 56 heavy (non-hydrogen) atoms. The molecule has 0 bridgehead atoms. The van der Waals surface area contributed by atoms with Gasteiger partial charge in [-0.05, 0) is 54.4 Å². The lowest BCUT2D eigenvalue weighted by molar-refractivity contribution is -0.162. The number of nitrogens with one attached hydrogen (secondary N) is 1. The summed E-state index contributed by atoms with van der Waals surface area (Å²) in [7, 11) is -2.67. The van der Waals surface area contributed by atoms with E-state index < -0.39 is 26.5 Å². The smallest absolute Gasteiger partial charge is 0.462 e. The van der Waals surface area contributed by atoms with Gasteiger partial charge in [0.1, 0.15) is 6.61 Å². The second kappa shape index (κ2) is 33.8. The van der Waals surface area contributed by atoms with Gasteiger partial charge in [0.15, 0.2) is 6.10 Å². The first-order valence-electron chi connectivity index (χ1n) is 23.0. The summed E-state index contributed by atoms with van der Waals surface area (Å²) in [6, 6.07) is 0. The van der Waals surface area contributed by atoms with Gasteiger partial charge in [0.25, 0.3) is 0 Å². The van der Waals surface area contributed by atoms with Crippen molar-refractivity contribution in [3.05, 3.63) is 0 Å². The molecule has 0 heterocycles.